The molecule has 0 saturated heterocycles. The maximum absolute atomic E-state index is 12.5. The summed E-state index contributed by atoms with van der Waals surface area (Å²) in [5.74, 6) is 0.813. The van der Waals surface area contributed by atoms with Gasteiger partial charge in [0.05, 0.1) is 17.0 Å². The maximum Gasteiger partial charge on any atom is 0.255 e. The van der Waals surface area contributed by atoms with E-state index in [1.165, 1.54) is 5.56 Å². The topological polar surface area (TPSA) is 66.8 Å². The molecule has 27 heavy (non-hydrogen) atoms. The van der Waals surface area contributed by atoms with Gasteiger partial charge in [-0.05, 0) is 6.42 Å². The molecule has 0 amide bonds. The van der Waals surface area contributed by atoms with Gasteiger partial charge in [0.2, 0.25) is 0 Å². The fourth-order valence-corrected chi connectivity index (χ4v) is 3.76. The lowest BCUT2D eigenvalue weighted by molar-refractivity contribution is 0.241. The highest BCUT2D eigenvalue weighted by Crippen LogP contribution is 2.24. The van der Waals surface area contributed by atoms with E-state index in [1.54, 1.807) is 0 Å². The van der Waals surface area contributed by atoms with Crippen LogP contribution in [0.3, 0.4) is 0 Å². The Balaban J connectivity index is 1.57. The van der Waals surface area contributed by atoms with Crippen molar-refractivity contribution in [1.29, 1.82) is 0 Å². The Morgan fingerprint density at radius 1 is 1.22 bits per heavy atom. The Hall–Kier alpha value is -2.73. The molecular weight excluding hydrogens is 338 g/mol. The molecule has 4 rings (SSSR count). The minimum absolute atomic E-state index is 0.0163. The van der Waals surface area contributed by atoms with Crippen LogP contribution in [0.15, 0.2) is 41.3 Å². The molecule has 0 radical (unpaired) electrons. The number of hydrogen-bond acceptors (Lipinski definition) is 4. The SMILES string of the molecule is CCCc1nc2c(c(=O)[nH]1)CN(Cc1cn(C)nc1-c1ccccc1)CC2. The number of aromatic nitrogens is 4. The first-order valence-electron chi connectivity index (χ1n) is 9.55. The number of hydrogen-bond donors (Lipinski definition) is 1. The Morgan fingerprint density at radius 2 is 2.04 bits per heavy atom. The van der Waals surface area contributed by atoms with Crippen LogP contribution < -0.4 is 5.56 Å². The lowest BCUT2D eigenvalue weighted by Gasteiger charge is -2.27. The second-order valence-electron chi connectivity index (χ2n) is 7.19. The molecule has 0 atom stereocenters. The van der Waals surface area contributed by atoms with Gasteiger partial charge in [-0.2, -0.15) is 5.10 Å². The molecule has 3 heterocycles. The zero-order valence-corrected chi connectivity index (χ0v) is 15.9. The van der Waals surface area contributed by atoms with Crippen LogP contribution in [0.4, 0.5) is 0 Å². The summed E-state index contributed by atoms with van der Waals surface area (Å²) in [4.78, 5) is 22.4. The first-order valence-corrected chi connectivity index (χ1v) is 9.55. The molecule has 0 saturated carbocycles. The van der Waals surface area contributed by atoms with Gasteiger partial charge in [-0.25, -0.2) is 4.98 Å². The number of nitrogens with one attached hydrogen (secondary N) is 1. The number of aromatic amines is 1. The van der Waals surface area contributed by atoms with Gasteiger partial charge in [0.15, 0.2) is 0 Å². The fraction of sp³-hybridized carbons (Fsp3) is 0.381. The molecule has 6 heteroatoms. The van der Waals surface area contributed by atoms with Crippen molar-refractivity contribution in [2.24, 2.45) is 7.05 Å². The summed E-state index contributed by atoms with van der Waals surface area (Å²) in [6.45, 7) is 4.40. The van der Waals surface area contributed by atoms with Gasteiger partial charge in [0.1, 0.15) is 5.82 Å². The molecule has 0 unspecified atom stereocenters. The second-order valence-corrected chi connectivity index (χ2v) is 7.19. The Kier molecular flexibility index (Phi) is 4.90. The zero-order chi connectivity index (χ0) is 18.8. The average Bonchev–Trinajstić information content (AvgIpc) is 3.03. The lowest BCUT2D eigenvalue weighted by atomic mass is 10.0. The van der Waals surface area contributed by atoms with E-state index in [9.17, 15) is 4.79 Å². The van der Waals surface area contributed by atoms with Crippen molar-refractivity contribution < 1.29 is 0 Å². The van der Waals surface area contributed by atoms with E-state index >= 15 is 0 Å². The lowest BCUT2D eigenvalue weighted by Crippen LogP contribution is -2.35. The first kappa shape index (κ1) is 17.7. The predicted molar refractivity (Wildman–Crippen MR) is 105 cm³/mol. The quantitative estimate of drug-likeness (QED) is 0.757. The van der Waals surface area contributed by atoms with Crippen LogP contribution >= 0.6 is 0 Å². The van der Waals surface area contributed by atoms with Crippen molar-refractivity contribution in [1.82, 2.24) is 24.6 Å². The van der Waals surface area contributed by atoms with E-state index in [1.807, 2.05) is 29.9 Å². The molecule has 3 aromatic rings. The van der Waals surface area contributed by atoms with Gasteiger partial charge in [0.25, 0.3) is 5.56 Å². The normalized spacial score (nSPS) is 14.3. The number of fused-ring (bicyclic) bond motifs is 1. The molecule has 0 fully saturated rings. The van der Waals surface area contributed by atoms with E-state index in [4.69, 9.17) is 0 Å². The molecule has 140 valence electrons. The molecule has 0 bridgehead atoms. The number of benzene rings is 1. The summed E-state index contributed by atoms with van der Waals surface area (Å²) in [7, 11) is 1.95. The Morgan fingerprint density at radius 3 is 2.81 bits per heavy atom. The first-order chi connectivity index (χ1) is 13.1. The highest BCUT2D eigenvalue weighted by molar-refractivity contribution is 5.62. The molecule has 1 aliphatic heterocycles. The summed E-state index contributed by atoms with van der Waals surface area (Å²) < 4.78 is 1.86. The maximum atomic E-state index is 12.5. The third-order valence-electron chi connectivity index (χ3n) is 5.03. The third-order valence-corrected chi connectivity index (χ3v) is 5.03. The van der Waals surface area contributed by atoms with E-state index < -0.39 is 0 Å². The number of aryl methyl sites for hydroxylation is 2. The van der Waals surface area contributed by atoms with Crippen LogP contribution in [-0.2, 0) is 33.0 Å². The largest absolute Gasteiger partial charge is 0.310 e. The average molecular weight is 363 g/mol. The van der Waals surface area contributed by atoms with Gasteiger partial charge in [-0.15, -0.1) is 0 Å². The van der Waals surface area contributed by atoms with Gasteiger partial charge in [-0.1, -0.05) is 37.3 Å². The van der Waals surface area contributed by atoms with Crippen LogP contribution in [0.5, 0.6) is 0 Å². The molecule has 0 aliphatic carbocycles. The van der Waals surface area contributed by atoms with Gasteiger partial charge in [-0.3, -0.25) is 14.4 Å². The number of H-pyrrole nitrogens is 1. The summed E-state index contributed by atoms with van der Waals surface area (Å²) in [5.41, 5.74) is 5.10. The molecule has 0 spiro atoms. The number of rotatable bonds is 5. The predicted octanol–water partition coefficient (Wildman–Crippen LogP) is 2.68. The molecular formula is C21H25N5O. The monoisotopic (exact) mass is 363 g/mol. The standard InChI is InChI=1S/C21H25N5O/c1-3-7-19-22-18-10-11-26(14-17(18)21(27)23-19)13-16-12-25(2)24-20(16)15-8-5-4-6-9-15/h4-6,8-9,12H,3,7,10-11,13-14H2,1-2H3,(H,22,23,27). The van der Waals surface area contributed by atoms with Crippen molar-refractivity contribution in [2.75, 3.05) is 6.54 Å². The summed E-state index contributed by atoms with van der Waals surface area (Å²) >= 11 is 0. The van der Waals surface area contributed by atoms with Gasteiger partial charge in [0, 0.05) is 56.8 Å². The highest BCUT2D eigenvalue weighted by Gasteiger charge is 2.22. The molecule has 1 N–H and O–H groups in total. The number of nitrogens with zero attached hydrogens (tertiary/aromatic N) is 4. The second kappa shape index (κ2) is 7.48. The van der Waals surface area contributed by atoms with E-state index in [0.29, 0.717) is 6.54 Å². The van der Waals surface area contributed by atoms with Gasteiger partial charge >= 0.3 is 0 Å². The fourth-order valence-electron chi connectivity index (χ4n) is 3.76. The summed E-state index contributed by atoms with van der Waals surface area (Å²) in [6, 6.07) is 10.2. The van der Waals surface area contributed by atoms with Crippen molar-refractivity contribution in [3.05, 3.63) is 69.5 Å². The van der Waals surface area contributed by atoms with Crippen molar-refractivity contribution in [2.45, 2.75) is 39.3 Å². The third kappa shape index (κ3) is 3.71. The Bertz CT molecular complexity index is 990. The van der Waals surface area contributed by atoms with Crippen molar-refractivity contribution in [3.63, 3.8) is 0 Å². The van der Waals surface area contributed by atoms with Crippen molar-refractivity contribution in [3.8, 4) is 11.3 Å². The van der Waals surface area contributed by atoms with Crippen LogP contribution in [0, 0.1) is 0 Å². The van der Waals surface area contributed by atoms with E-state index in [2.05, 4.69) is 45.2 Å². The van der Waals surface area contributed by atoms with Crippen LogP contribution in [0.1, 0.15) is 36.0 Å². The minimum Gasteiger partial charge on any atom is -0.310 e. The Labute approximate surface area is 158 Å². The van der Waals surface area contributed by atoms with Gasteiger partial charge < -0.3 is 4.98 Å². The molecule has 6 nitrogen and oxygen atoms in total. The molecule has 1 aliphatic rings. The van der Waals surface area contributed by atoms with E-state index in [0.717, 1.165) is 60.7 Å². The van der Waals surface area contributed by atoms with E-state index in [-0.39, 0.29) is 5.56 Å². The summed E-state index contributed by atoms with van der Waals surface area (Å²) in [5, 5.41) is 4.65. The van der Waals surface area contributed by atoms with Crippen LogP contribution in [0.25, 0.3) is 11.3 Å². The molecule has 2 aromatic heterocycles. The molecule has 1 aromatic carbocycles. The zero-order valence-electron chi connectivity index (χ0n) is 15.9. The van der Waals surface area contributed by atoms with Crippen LogP contribution in [0.2, 0.25) is 0 Å². The highest BCUT2D eigenvalue weighted by atomic mass is 16.1. The summed E-state index contributed by atoms with van der Waals surface area (Å²) in [6.07, 6.45) is 4.70. The smallest absolute Gasteiger partial charge is 0.255 e. The van der Waals surface area contributed by atoms with Crippen LogP contribution in [-0.4, -0.2) is 31.2 Å². The van der Waals surface area contributed by atoms with Crippen molar-refractivity contribution >= 4 is 0 Å². The minimum atomic E-state index is 0.0163.